The molecule has 20 heavy (non-hydrogen) atoms. The van der Waals surface area contributed by atoms with E-state index in [1.165, 1.54) is 57.8 Å². The minimum atomic E-state index is -2.88. The molecule has 0 aromatic heterocycles. The van der Waals surface area contributed by atoms with Crippen LogP contribution in [0.3, 0.4) is 0 Å². The van der Waals surface area contributed by atoms with Crippen LogP contribution in [0.1, 0.15) is 90.4 Å². The highest BCUT2D eigenvalue weighted by Crippen LogP contribution is 2.25. The Morgan fingerprint density at radius 3 is 1.55 bits per heavy atom. The molecule has 1 fully saturated rings. The number of halogens is 1. The van der Waals surface area contributed by atoms with Crippen molar-refractivity contribution in [2.75, 3.05) is 0 Å². The minimum absolute atomic E-state index is 0.0939. The topological polar surface area (TPSA) is 34.1 Å². The van der Waals surface area contributed by atoms with Gasteiger partial charge in [-0.1, -0.05) is 77.6 Å². The predicted octanol–water partition coefficient (Wildman–Crippen LogP) is 5.84. The molecule has 0 N–H and O–H groups in total. The van der Waals surface area contributed by atoms with Gasteiger partial charge in [0.15, 0.2) is 0 Å². The van der Waals surface area contributed by atoms with Crippen molar-refractivity contribution in [2.45, 2.75) is 95.6 Å². The third-order valence-corrected chi connectivity index (χ3v) is 8.02. The second kappa shape index (κ2) is 10.4. The molecule has 0 radical (unpaired) electrons. The number of hydrogen-bond donors (Lipinski definition) is 0. The van der Waals surface area contributed by atoms with Crippen LogP contribution in [0.25, 0.3) is 0 Å². The lowest BCUT2D eigenvalue weighted by Crippen LogP contribution is -2.15. The Labute approximate surface area is 138 Å². The number of hydrogen-bond acceptors (Lipinski definition) is 2. The van der Waals surface area contributed by atoms with E-state index in [0.29, 0.717) is 0 Å². The monoisotopic (exact) mass is 414 g/mol. The normalized spacial score (nSPS) is 29.3. The molecule has 1 rings (SSSR count). The van der Waals surface area contributed by atoms with Crippen molar-refractivity contribution < 1.29 is 8.42 Å². The molecule has 4 heteroatoms. The van der Waals surface area contributed by atoms with E-state index in [4.69, 9.17) is 0 Å². The molecule has 0 aromatic rings. The average molecular weight is 414 g/mol. The maximum atomic E-state index is 11.8. The third kappa shape index (κ3) is 8.85. The van der Waals surface area contributed by atoms with Gasteiger partial charge in [-0.25, -0.2) is 8.42 Å². The summed E-state index contributed by atoms with van der Waals surface area (Å²) in [5.41, 5.74) is 0. The fourth-order valence-corrected chi connectivity index (χ4v) is 5.61. The maximum Gasteiger partial charge on any atom is 0.205 e. The summed E-state index contributed by atoms with van der Waals surface area (Å²) in [5, 5.41) is -0.0939. The van der Waals surface area contributed by atoms with Crippen LogP contribution >= 0.6 is 21.2 Å². The predicted molar refractivity (Wildman–Crippen MR) is 95.9 cm³/mol. The van der Waals surface area contributed by atoms with Gasteiger partial charge < -0.3 is 0 Å². The Bertz CT molecular complexity index is 340. The molecule has 0 heterocycles. The molecule has 0 aliphatic heterocycles. The molecular formula is C16H31IO2S. The first-order valence-corrected chi connectivity index (χ1v) is 12.5. The quantitative estimate of drug-likeness (QED) is 0.399. The van der Waals surface area contributed by atoms with Gasteiger partial charge in [-0.15, -0.1) is 0 Å². The summed E-state index contributed by atoms with van der Waals surface area (Å²) in [4.78, 5) is 0. The Kier molecular flexibility index (Phi) is 9.75. The van der Waals surface area contributed by atoms with Gasteiger partial charge in [0.25, 0.3) is 0 Å². The summed E-state index contributed by atoms with van der Waals surface area (Å²) >= 11 is 1.66. The van der Waals surface area contributed by atoms with E-state index in [1.54, 1.807) is 21.2 Å². The van der Waals surface area contributed by atoms with Crippen LogP contribution < -0.4 is 0 Å². The van der Waals surface area contributed by atoms with Crippen molar-refractivity contribution in [3.63, 3.8) is 0 Å². The highest BCUT2D eigenvalue weighted by Gasteiger charge is 2.21. The minimum Gasteiger partial charge on any atom is -0.218 e. The Balaban J connectivity index is 2.45. The van der Waals surface area contributed by atoms with Crippen molar-refractivity contribution >= 4 is 28.2 Å². The standard InChI is InChI=1S/C16H31IO2S/c1-15-11-7-5-3-2-4-6-8-13-16(20(17,18)19)14-10-9-12-15/h15-16H,2-14H2,1H3. The Morgan fingerprint density at radius 2 is 1.05 bits per heavy atom. The molecule has 0 saturated heterocycles. The third-order valence-electron chi connectivity index (χ3n) is 4.59. The van der Waals surface area contributed by atoms with Crippen molar-refractivity contribution in [2.24, 2.45) is 5.92 Å². The molecule has 0 bridgehead atoms. The Morgan fingerprint density at radius 1 is 0.700 bits per heavy atom. The van der Waals surface area contributed by atoms with Crippen LogP contribution in [0.2, 0.25) is 0 Å². The zero-order valence-corrected chi connectivity index (χ0v) is 15.9. The second-order valence-electron chi connectivity index (χ2n) is 6.54. The first-order valence-electron chi connectivity index (χ1n) is 8.43. The zero-order chi connectivity index (χ0) is 14.8. The van der Waals surface area contributed by atoms with Gasteiger partial charge in [-0.3, -0.25) is 0 Å². The maximum absolute atomic E-state index is 11.8. The Hall–Kier alpha value is 0.680. The fraction of sp³-hybridized carbons (Fsp3) is 1.00. The van der Waals surface area contributed by atoms with Gasteiger partial charge in [-0.2, -0.15) is 0 Å². The van der Waals surface area contributed by atoms with Crippen molar-refractivity contribution in [1.82, 2.24) is 0 Å². The summed E-state index contributed by atoms with van der Waals surface area (Å²) in [6, 6.07) is 0. The molecule has 2 atom stereocenters. The smallest absolute Gasteiger partial charge is 0.205 e. The van der Waals surface area contributed by atoms with E-state index in [9.17, 15) is 8.42 Å². The van der Waals surface area contributed by atoms with Crippen LogP contribution in [0.15, 0.2) is 0 Å². The van der Waals surface area contributed by atoms with Gasteiger partial charge in [0, 0.05) is 0 Å². The average Bonchev–Trinajstić information content (AvgIpc) is 2.37. The molecule has 1 saturated carbocycles. The molecule has 2 unspecified atom stereocenters. The molecule has 1 aliphatic carbocycles. The van der Waals surface area contributed by atoms with Gasteiger partial charge in [0.2, 0.25) is 7.01 Å². The highest BCUT2D eigenvalue weighted by molar-refractivity contribution is 14.2. The van der Waals surface area contributed by atoms with Gasteiger partial charge in [0.1, 0.15) is 0 Å². The molecule has 0 amide bonds. The number of rotatable bonds is 1. The first kappa shape index (κ1) is 18.7. The van der Waals surface area contributed by atoms with Crippen LogP contribution in [0, 0.1) is 5.92 Å². The van der Waals surface area contributed by atoms with Gasteiger partial charge in [-0.05, 0) is 18.8 Å². The molecular weight excluding hydrogens is 383 g/mol. The zero-order valence-electron chi connectivity index (χ0n) is 12.9. The van der Waals surface area contributed by atoms with Crippen molar-refractivity contribution in [3.05, 3.63) is 0 Å². The summed E-state index contributed by atoms with van der Waals surface area (Å²) < 4.78 is 23.7. The second-order valence-corrected chi connectivity index (χ2v) is 11.8. The molecule has 0 spiro atoms. The van der Waals surface area contributed by atoms with E-state index >= 15 is 0 Å². The molecule has 120 valence electrons. The van der Waals surface area contributed by atoms with E-state index in [2.05, 4.69) is 6.92 Å². The fourth-order valence-electron chi connectivity index (χ4n) is 3.18. The van der Waals surface area contributed by atoms with Crippen molar-refractivity contribution in [3.8, 4) is 0 Å². The van der Waals surface area contributed by atoms with E-state index in [0.717, 1.165) is 31.6 Å². The van der Waals surface area contributed by atoms with E-state index in [-0.39, 0.29) is 5.25 Å². The van der Waals surface area contributed by atoms with Gasteiger partial charge in [0.05, 0.1) is 26.5 Å². The van der Waals surface area contributed by atoms with E-state index in [1.807, 2.05) is 0 Å². The molecule has 0 aromatic carbocycles. The van der Waals surface area contributed by atoms with Crippen LogP contribution in [0.5, 0.6) is 0 Å². The summed E-state index contributed by atoms with van der Waals surface area (Å²) in [6.07, 6.45) is 15.7. The summed E-state index contributed by atoms with van der Waals surface area (Å²) in [7, 11) is -2.88. The molecule has 1 aliphatic rings. The lowest BCUT2D eigenvalue weighted by molar-refractivity contribution is 0.434. The largest absolute Gasteiger partial charge is 0.218 e. The molecule has 2 nitrogen and oxygen atoms in total. The first-order chi connectivity index (χ1) is 9.50. The highest BCUT2D eigenvalue weighted by atomic mass is 127. The van der Waals surface area contributed by atoms with Gasteiger partial charge >= 0.3 is 0 Å². The van der Waals surface area contributed by atoms with Crippen molar-refractivity contribution in [1.29, 1.82) is 0 Å². The summed E-state index contributed by atoms with van der Waals surface area (Å²) in [6.45, 7) is 2.35. The van der Waals surface area contributed by atoms with Crippen LogP contribution in [-0.4, -0.2) is 13.7 Å². The summed E-state index contributed by atoms with van der Waals surface area (Å²) in [5.74, 6) is 0.815. The lowest BCUT2D eigenvalue weighted by atomic mass is 9.96. The van der Waals surface area contributed by atoms with E-state index < -0.39 is 7.01 Å². The lowest BCUT2D eigenvalue weighted by Gasteiger charge is -2.14. The SMILES string of the molecule is CC1CCCCCCCCCC(S(=O)(=O)I)CCCC1. The van der Waals surface area contributed by atoms with Crippen LogP contribution in [-0.2, 0) is 7.01 Å². The van der Waals surface area contributed by atoms with Crippen LogP contribution in [0.4, 0.5) is 0 Å².